The third-order valence-electron chi connectivity index (χ3n) is 14.2. The highest BCUT2D eigenvalue weighted by Crippen LogP contribution is 2.45. The number of benzene rings is 10. The highest BCUT2D eigenvalue weighted by atomic mass is 15.0. The van der Waals surface area contributed by atoms with Crippen LogP contribution in [-0.2, 0) is 0 Å². The summed E-state index contributed by atoms with van der Waals surface area (Å²) in [6.07, 6.45) is 0. The van der Waals surface area contributed by atoms with E-state index >= 15 is 0 Å². The number of aromatic nitrogens is 4. The molecular weight excluding hydrogens is 841 g/mol. The fraction of sp³-hybridized carbons (Fsp3) is 0.0159. The molecule has 0 unspecified atom stereocenters. The quantitative estimate of drug-likeness (QED) is 0.173. The molecule has 0 N–H and O–H groups in total. The first kappa shape index (κ1) is 38.6. The van der Waals surface area contributed by atoms with Gasteiger partial charge in [-0.3, -0.25) is 0 Å². The van der Waals surface area contributed by atoms with E-state index in [-0.39, 0.29) is 0 Å². The van der Waals surface area contributed by atoms with Gasteiger partial charge in [0.25, 0.3) is 0 Å². The average Bonchev–Trinajstić information content (AvgIpc) is 4.12. The van der Waals surface area contributed by atoms with Gasteiger partial charge in [-0.05, 0) is 103 Å². The third-order valence-corrected chi connectivity index (χ3v) is 14.2. The summed E-state index contributed by atoms with van der Waals surface area (Å²) in [4.78, 5) is 0. The molecule has 4 heterocycles. The Bertz CT molecular complexity index is 4240. The van der Waals surface area contributed by atoms with Crippen LogP contribution in [0.3, 0.4) is 0 Å². The van der Waals surface area contributed by atoms with Crippen LogP contribution in [0.4, 0.5) is 0 Å². The second kappa shape index (κ2) is 14.7. The molecule has 14 rings (SSSR count). The zero-order valence-corrected chi connectivity index (χ0v) is 37.4. The fourth-order valence-corrected chi connectivity index (χ4v) is 11.4. The Hall–Kier alpha value is -9.62. The predicted molar refractivity (Wildman–Crippen MR) is 283 cm³/mol. The van der Waals surface area contributed by atoms with Crippen molar-refractivity contribution in [2.45, 2.75) is 6.92 Å². The van der Waals surface area contributed by atoms with Crippen molar-refractivity contribution in [3.05, 3.63) is 229 Å². The van der Waals surface area contributed by atoms with E-state index in [9.17, 15) is 10.5 Å². The van der Waals surface area contributed by atoms with Crippen molar-refractivity contribution in [1.82, 2.24) is 18.3 Å². The van der Waals surface area contributed by atoms with Crippen LogP contribution in [0.2, 0.25) is 0 Å². The van der Waals surface area contributed by atoms with Crippen LogP contribution in [0.15, 0.2) is 212 Å². The van der Waals surface area contributed by atoms with Gasteiger partial charge in [0.1, 0.15) is 0 Å². The van der Waals surface area contributed by atoms with E-state index in [1.54, 1.807) is 0 Å². The van der Waals surface area contributed by atoms with Crippen molar-refractivity contribution >= 4 is 87.2 Å². The van der Waals surface area contributed by atoms with Crippen LogP contribution in [0.5, 0.6) is 0 Å². The molecule has 0 aliphatic carbocycles. The van der Waals surface area contributed by atoms with E-state index in [4.69, 9.17) is 0 Å². The zero-order valence-electron chi connectivity index (χ0n) is 37.4. The van der Waals surface area contributed by atoms with Crippen LogP contribution in [0, 0.1) is 29.6 Å². The summed E-state index contributed by atoms with van der Waals surface area (Å²) in [5, 5.41) is 30.9. The molecule has 14 aromatic rings. The van der Waals surface area contributed by atoms with E-state index < -0.39 is 0 Å². The number of nitriles is 2. The van der Waals surface area contributed by atoms with Crippen molar-refractivity contribution in [3.8, 4) is 46.0 Å². The molecule has 0 aliphatic rings. The van der Waals surface area contributed by atoms with Crippen LogP contribution >= 0.6 is 0 Å². The molecule has 0 fully saturated rings. The topological polar surface area (TPSA) is 67.3 Å². The smallest absolute Gasteiger partial charge is 0.0993 e. The lowest BCUT2D eigenvalue weighted by molar-refractivity contribution is 1.12. The van der Waals surface area contributed by atoms with E-state index in [1.165, 1.54) is 21.5 Å². The third kappa shape index (κ3) is 5.58. The Morgan fingerprint density at radius 1 is 0.304 bits per heavy atom. The molecule has 0 amide bonds. The largest absolute Gasteiger partial charge is 0.309 e. The fourth-order valence-electron chi connectivity index (χ4n) is 11.4. The van der Waals surface area contributed by atoms with Crippen LogP contribution in [0.25, 0.3) is 121 Å². The summed E-state index contributed by atoms with van der Waals surface area (Å²) in [5.41, 5.74) is 16.1. The second-order valence-electron chi connectivity index (χ2n) is 18.0. The van der Waals surface area contributed by atoms with Crippen LogP contribution < -0.4 is 0 Å². The standard InChI is InChI=1S/C63H38N6/c1-39-30-40(37-64)32-42(31-39)63-61(68-57-24-12-6-18-49(57)51-28-26-43(35-59(51)68)66-53-20-8-2-14-45(53)46-15-3-9-21-54(46)66)33-41(38-65)34-62(63)69-58-25-13-7-19-50(58)52-29-27-44(36-60(52)69)67-55-22-10-4-16-47(55)48-17-5-11-23-56(48)67/h2-36H,1H3. The summed E-state index contributed by atoms with van der Waals surface area (Å²) in [6.45, 7) is 2.05. The first-order chi connectivity index (χ1) is 34.1. The zero-order chi connectivity index (χ0) is 45.9. The maximum atomic E-state index is 11.1. The van der Waals surface area contributed by atoms with Gasteiger partial charge in [-0.15, -0.1) is 0 Å². The Labute approximate surface area is 396 Å². The van der Waals surface area contributed by atoms with Gasteiger partial charge in [0.05, 0.1) is 78.8 Å². The summed E-state index contributed by atoms with van der Waals surface area (Å²) < 4.78 is 9.40. The Morgan fingerprint density at radius 3 is 0.986 bits per heavy atom. The summed E-state index contributed by atoms with van der Waals surface area (Å²) in [5.74, 6) is 0. The van der Waals surface area contributed by atoms with Crippen molar-refractivity contribution in [2.75, 3.05) is 0 Å². The molecule has 10 aromatic carbocycles. The Kier molecular flexibility index (Phi) is 8.23. The molecular formula is C63H38N6. The van der Waals surface area contributed by atoms with Crippen LogP contribution in [0.1, 0.15) is 16.7 Å². The minimum absolute atomic E-state index is 0.519. The maximum Gasteiger partial charge on any atom is 0.0993 e. The molecule has 320 valence electrons. The lowest BCUT2D eigenvalue weighted by Gasteiger charge is -2.21. The molecule has 0 saturated heterocycles. The molecule has 0 bridgehead atoms. The number of fused-ring (bicyclic) bond motifs is 12. The molecule has 0 aliphatic heterocycles. The molecule has 0 saturated carbocycles. The predicted octanol–water partition coefficient (Wildman–Crippen LogP) is 15.8. The van der Waals surface area contributed by atoms with Gasteiger partial charge in [-0.1, -0.05) is 127 Å². The van der Waals surface area contributed by atoms with E-state index in [1.807, 2.05) is 31.2 Å². The van der Waals surface area contributed by atoms with Gasteiger partial charge < -0.3 is 18.3 Å². The van der Waals surface area contributed by atoms with Crippen molar-refractivity contribution < 1.29 is 0 Å². The summed E-state index contributed by atoms with van der Waals surface area (Å²) in [6, 6.07) is 80.2. The minimum Gasteiger partial charge on any atom is -0.309 e. The molecule has 6 heteroatoms. The van der Waals surface area contributed by atoms with Gasteiger partial charge >= 0.3 is 0 Å². The van der Waals surface area contributed by atoms with Gasteiger partial charge in [0.2, 0.25) is 0 Å². The number of hydrogen-bond donors (Lipinski definition) is 0. The number of aryl methyl sites for hydroxylation is 1. The highest BCUT2D eigenvalue weighted by Gasteiger charge is 2.25. The number of para-hydroxylation sites is 6. The second-order valence-corrected chi connectivity index (χ2v) is 18.0. The van der Waals surface area contributed by atoms with E-state index in [0.29, 0.717) is 11.1 Å². The molecule has 0 atom stereocenters. The lowest BCUT2D eigenvalue weighted by atomic mass is 9.95. The Morgan fingerprint density at radius 2 is 0.623 bits per heavy atom. The monoisotopic (exact) mass is 878 g/mol. The average molecular weight is 879 g/mol. The summed E-state index contributed by atoms with van der Waals surface area (Å²) >= 11 is 0. The van der Waals surface area contributed by atoms with E-state index in [2.05, 4.69) is 218 Å². The van der Waals surface area contributed by atoms with Gasteiger partial charge in [0.15, 0.2) is 0 Å². The summed E-state index contributed by atoms with van der Waals surface area (Å²) in [7, 11) is 0. The normalized spacial score (nSPS) is 11.8. The van der Waals surface area contributed by atoms with Gasteiger partial charge in [-0.25, -0.2) is 0 Å². The van der Waals surface area contributed by atoms with Gasteiger partial charge in [-0.2, -0.15) is 10.5 Å². The minimum atomic E-state index is 0.519. The van der Waals surface area contributed by atoms with Crippen molar-refractivity contribution in [3.63, 3.8) is 0 Å². The maximum absolute atomic E-state index is 11.1. The first-order valence-corrected chi connectivity index (χ1v) is 23.2. The molecule has 6 nitrogen and oxygen atoms in total. The van der Waals surface area contributed by atoms with Gasteiger partial charge in [0, 0.05) is 60.0 Å². The van der Waals surface area contributed by atoms with E-state index in [0.717, 1.165) is 105 Å². The number of hydrogen-bond acceptors (Lipinski definition) is 2. The number of rotatable bonds is 5. The molecule has 69 heavy (non-hydrogen) atoms. The molecule has 4 aromatic heterocycles. The first-order valence-electron chi connectivity index (χ1n) is 23.2. The number of nitrogens with zero attached hydrogens (tertiary/aromatic N) is 6. The van der Waals surface area contributed by atoms with Crippen LogP contribution in [-0.4, -0.2) is 18.3 Å². The molecule has 0 radical (unpaired) electrons. The SMILES string of the molecule is Cc1cc(C#N)cc(-c2c(-n3c4ccccc4c4ccc(-n5c6ccccc6c6ccccc65)cc43)cc(C#N)cc2-n2c3ccccc3c3ccc(-n4c5ccccc5c5ccccc54)cc32)c1. The Balaban J connectivity index is 1.13. The highest BCUT2D eigenvalue weighted by molar-refractivity contribution is 6.15. The molecule has 0 spiro atoms. The van der Waals surface area contributed by atoms with Crippen molar-refractivity contribution in [2.24, 2.45) is 0 Å². The lowest BCUT2D eigenvalue weighted by Crippen LogP contribution is -2.06. The van der Waals surface area contributed by atoms with Crippen molar-refractivity contribution in [1.29, 1.82) is 10.5 Å².